The van der Waals surface area contributed by atoms with Gasteiger partial charge in [-0.1, -0.05) is 44.2 Å². The maximum atomic E-state index is 3.31. The van der Waals surface area contributed by atoms with Gasteiger partial charge in [-0.25, -0.2) is 5.43 Å². The van der Waals surface area contributed by atoms with Crippen LogP contribution in [0.2, 0.25) is 0 Å². The van der Waals surface area contributed by atoms with E-state index in [0.29, 0.717) is 5.92 Å². The van der Waals surface area contributed by atoms with E-state index in [1.165, 1.54) is 16.0 Å². The molecule has 0 radical (unpaired) electrons. The van der Waals surface area contributed by atoms with Crippen LogP contribution in [0.5, 0.6) is 0 Å². The molecule has 1 atom stereocenters. The van der Waals surface area contributed by atoms with Crippen molar-refractivity contribution in [3.8, 4) is 0 Å². The molecule has 3 rings (SSSR count). The minimum absolute atomic E-state index is 0.278. The number of thiophene rings is 1. The molecule has 3 heteroatoms. The molecule has 0 bridgehead atoms. The van der Waals surface area contributed by atoms with Crippen LogP contribution in [0.15, 0.2) is 47.9 Å². The molecular formula is C16H18N2S. The van der Waals surface area contributed by atoms with E-state index in [-0.39, 0.29) is 6.04 Å². The van der Waals surface area contributed by atoms with E-state index < -0.39 is 0 Å². The van der Waals surface area contributed by atoms with Gasteiger partial charge in [0.1, 0.15) is 0 Å². The minimum atomic E-state index is 0.278. The lowest BCUT2D eigenvalue weighted by atomic mass is 10.0. The smallest absolute Gasteiger partial charge is 0.0806 e. The van der Waals surface area contributed by atoms with Crippen LogP contribution < -0.4 is 10.9 Å². The fourth-order valence-electron chi connectivity index (χ4n) is 2.24. The summed E-state index contributed by atoms with van der Waals surface area (Å²) in [6.45, 7) is 4.44. The van der Waals surface area contributed by atoms with Gasteiger partial charge >= 0.3 is 0 Å². The quantitative estimate of drug-likeness (QED) is 0.879. The van der Waals surface area contributed by atoms with E-state index in [1.807, 2.05) is 0 Å². The second kappa shape index (κ2) is 5.19. The summed E-state index contributed by atoms with van der Waals surface area (Å²) in [6, 6.07) is 13.3. The highest BCUT2D eigenvalue weighted by Gasteiger charge is 2.17. The Morgan fingerprint density at radius 3 is 2.53 bits per heavy atom. The summed E-state index contributed by atoms with van der Waals surface area (Å²) in [5.74, 6) is 0.580. The maximum absolute atomic E-state index is 3.31. The molecule has 1 aliphatic rings. The van der Waals surface area contributed by atoms with Gasteiger partial charge < -0.3 is 5.43 Å². The molecule has 2 heterocycles. The molecule has 0 saturated heterocycles. The topological polar surface area (TPSA) is 24.1 Å². The van der Waals surface area contributed by atoms with E-state index in [4.69, 9.17) is 0 Å². The average Bonchev–Trinajstić information content (AvgIpc) is 3.10. The minimum Gasteiger partial charge on any atom is -0.320 e. The Hall–Kier alpha value is -1.58. The molecular weight excluding hydrogens is 252 g/mol. The fourth-order valence-corrected chi connectivity index (χ4v) is 2.99. The largest absolute Gasteiger partial charge is 0.320 e. The highest BCUT2D eigenvalue weighted by atomic mass is 32.1. The first kappa shape index (κ1) is 12.5. The summed E-state index contributed by atoms with van der Waals surface area (Å²) in [5, 5.41) is 2.11. The molecule has 2 nitrogen and oxygen atoms in total. The van der Waals surface area contributed by atoms with E-state index in [1.54, 1.807) is 11.3 Å². The lowest BCUT2D eigenvalue weighted by Gasteiger charge is -2.08. The summed E-state index contributed by atoms with van der Waals surface area (Å²) >= 11 is 1.78. The Bertz CT molecular complexity index is 567. The van der Waals surface area contributed by atoms with Crippen molar-refractivity contribution in [3.05, 3.63) is 63.9 Å². The Morgan fingerprint density at radius 1 is 1.11 bits per heavy atom. The van der Waals surface area contributed by atoms with E-state index in [2.05, 4.69) is 72.6 Å². The van der Waals surface area contributed by atoms with Gasteiger partial charge in [0.25, 0.3) is 0 Å². The summed E-state index contributed by atoms with van der Waals surface area (Å²) < 4.78 is 0. The Labute approximate surface area is 118 Å². The normalized spacial score (nSPS) is 18.5. The van der Waals surface area contributed by atoms with Gasteiger partial charge in [0, 0.05) is 4.88 Å². The summed E-state index contributed by atoms with van der Waals surface area (Å²) in [5.41, 5.74) is 10.4. The van der Waals surface area contributed by atoms with Crippen molar-refractivity contribution in [2.24, 2.45) is 0 Å². The van der Waals surface area contributed by atoms with Gasteiger partial charge in [-0.05, 0) is 34.6 Å². The van der Waals surface area contributed by atoms with Crippen LogP contribution in [0.3, 0.4) is 0 Å². The van der Waals surface area contributed by atoms with E-state index in [9.17, 15) is 0 Å². The third kappa shape index (κ3) is 2.57. The number of hydrogen-bond acceptors (Lipinski definition) is 3. The van der Waals surface area contributed by atoms with E-state index in [0.717, 1.165) is 5.70 Å². The molecule has 2 N–H and O–H groups in total. The van der Waals surface area contributed by atoms with Gasteiger partial charge in [0.05, 0.1) is 11.7 Å². The molecule has 0 amide bonds. The van der Waals surface area contributed by atoms with Crippen LogP contribution in [0.1, 0.15) is 41.8 Å². The third-order valence-electron chi connectivity index (χ3n) is 3.43. The zero-order chi connectivity index (χ0) is 13.2. The molecule has 0 saturated carbocycles. The first-order valence-corrected chi connectivity index (χ1v) is 7.49. The van der Waals surface area contributed by atoms with Gasteiger partial charge in [-0.3, -0.25) is 0 Å². The van der Waals surface area contributed by atoms with Crippen LogP contribution in [0.4, 0.5) is 0 Å². The maximum Gasteiger partial charge on any atom is 0.0806 e. The molecule has 0 spiro atoms. The van der Waals surface area contributed by atoms with Gasteiger partial charge in [-0.15, -0.1) is 11.3 Å². The summed E-state index contributed by atoms with van der Waals surface area (Å²) in [4.78, 5) is 1.33. The van der Waals surface area contributed by atoms with Crippen LogP contribution in [-0.2, 0) is 0 Å². The van der Waals surface area contributed by atoms with Crippen molar-refractivity contribution in [2.75, 3.05) is 0 Å². The lowest BCUT2D eigenvalue weighted by Crippen LogP contribution is -2.25. The molecule has 1 unspecified atom stereocenters. The Balaban J connectivity index is 1.81. The lowest BCUT2D eigenvalue weighted by molar-refractivity contribution is 0.623. The van der Waals surface area contributed by atoms with Crippen LogP contribution >= 0.6 is 11.3 Å². The highest BCUT2D eigenvalue weighted by molar-refractivity contribution is 7.10. The zero-order valence-corrected chi connectivity index (χ0v) is 12.0. The van der Waals surface area contributed by atoms with Crippen LogP contribution in [0, 0.1) is 0 Å². The fraction of sp³-hybridized carbons (Fsp3) is 0.250. The number of hydrazine groups is 1. The second-order valence-corrected chi connectivity index (χ2v) is 6.10. The van der Waals surface area contributed by atoms with Crippen LogP contribution in [0.25, 0.3) is 5.70 Å². The first-order valence-electron chi connectivity index (χ1n) is 6.61. The standard InChI is InChI=1S/C16H18N2S/c1-11(2)12-5-7-13(8-6-12)14-10-15(18-17-14)16-4-3-9-19-16/h3-11,15,17-18H,1-2H3. The first-order chi connectivity index (χ1) is 9.24. The SMILES string of the molecule is CC(C)c1ccc(C2=CC(c3cccs3)NN2)cc1. The number of benzene rings is 1. The molecule has 2 aromatic rings. The molecule has 1 aromatic carbocycles. The van der Waals surface area contributed by atoms with Crippen molar-refractivity contribution in [1.29, 1.82) is 0 Å². The van der Waals surface area contributed by atoms with Gasteiger partial charge in [-0.2, -0.15) is 0 Å². The summed E-state index contributed by atoms with van der Waals surface area (Å²) in [7, 11) is 0. The Kier molecular flexibility index (Phi) is 3.40. The predicted molar refractivity (Wildman–Crippen MR) is 81.8 cm³/mol. The number of hydrogen-bond donors (Lipinski definition) is 2. The zero-order valence-electron chi connectivity index (χ0n) is 11.2. The monoisotopic (exact) mass is 270 g/mol. The van der Waals surface area contributed by atoms with Crippen molar-refractivity contribution in [3.63, 3.8) is 0 Å². The molecule has 1 aliphatic heterocycles. The van der Waals surface area contributed by atoms with Crippen molar-refractivity contribution < 1.29 is 0 Å². The molecule has 0 fully saturated rings. The average molecular weight is 270 g/mol. The third-order valence-corrected chi connectivity index (χ3v) is 4.39. The predicted octanol–water partition coefficient (Wildman–Crippen LogP) is 4.06. The van der Waals surface area contributed by atoms with Crippen molar-refractivity contribution in [1.82, 2.24) is 10.9 Å². The number of nitrogens with one attached hydrogen (secondary N) is 2. The molecule has 98 valence electrons. The van der Waals surface area contributed by atoms with Crippen LogP contribution in [-0.4, -0.2) is 0 Å². The van der Waals surface area contributed by atoms with Crippen molar-refractivity contribution >= 4 is 17.0 Å². The molecule has 1 aromatic heterocycles. The summed E-state index contributed by atoms with van der Waals surface area (Å²) in [6.07, 6.45) is 2.25. The van der Waals surface area contributed by atoms with E-state index >= 15 is 0 Å². The van der Waals surface area contributed by atoms with Crippen molar-refractivity contribution in [2.45, 2.75) is 25.8 Å². The van der Waals surface area contributed by atoms with Gasteiger partial charge in [0.15, 0.2) is 0 Å². The highest BCUT2D eigenvalue weighted by Crippen LogP contribution is 2.27. The molecule has 0 aliphatic carbocycles. The van der Waals surface area contributed by atoms with Gasteiger partial charge in [0.2, 0.25) is 0 Å². The number of rotatable bonds is 3. The second-order valence-electron chi connectivity index (χ2n) is 5.12. The molecule has 19 heavy (non-hydrogen) atoms. The Morgan fingerprint density at radius 2 is 1.89 bits per heavy atom.